The van der Waals surface area contributed by atoms with E-state index in [1.54, 1.807) is 0 Å². The first-order chi connectivity index (χ1) is 13.9. The minimum atomic E-state index is 0.454. The van der Waals surface area contributed by atoms with Crippen molar-refractivity contribution in [3.63, 3.8) is 0 Å². The molecule has 0 saturated carbocycles. The van der Waals surface area contributed by atoms with E-state index in [1.165, 1.54) is 54.6 Å². The summed E-state index contributed by atoms with van der Waals surface area (Å²) in [6.07, 6.45) is 9.49. The molecule has 0 heterocycles. The third kappa shape index (κ3) is 3.16. The zero-order valence-electron chi connectivity index (χ0n) is 17.0. The van der Waals surface area contributed by atoms with Gasteiger partial charge in [0.1, 0.15) is 0 Å². The Morgan fingerprint density at radius 2 is 1.76 bits per heavy atom. The van der Waals surface area contributed by atoms with Crippen molar-refractivity contribution in [2.75, 3.05) is 0 Å². The average Bonchev–Trinajstić information content (AvgIpc) is 3.17. The highest BCUT2D eigenvalue weighted by Gasteiger charge is 2.30. The Morgan fingerprint density at radius 1 is 0.931 bits per heavy atom. The van der Waals surface area contributed by atoms with Crippen LogP contribution in [0.1, 0.15) is 67.7 Å². The lowest BCUT2D eigenvalue weighted by molar-refractivity contribution is 0.711. The van der Waals surface area contributed by atoms with Gasteiger partial charge in [0.25, 0.3) is 0 Å². The van der Waals surface area contributed by atoms with Crippen LogP contribution in [0.5, 0.6) is 0 Å². The predicted octanol–water partition coefficient (Wildman–Crippen LogP) is 8.95. The van der Waals surface area contributed by atoms with E-state index < -0.39 is 0 Å². The Hall–Kier alpha value is -1.64. The number of allylic oxidation sites excluding steroid dienone is 6. The predicted molar refractivity (Wildman–Crippen MR) is 131 cm³/mol. The van der Waals surface area contributed by atoms with Crippen LogP contribution in [0.3, 0.4) is 0 Å². The van der Waals surface area contributed by atoms with Crippen molar-refractivity contribution in [2.24, 2.45) is 0 Å². The standard InChI is InChI=1S/C27H24Br2/c1-15-11-24-17(3)22-8-7-19(28)13-18(22)14-25(24)21(15)10-9-20-16(2)12-26-23(20)5-4-6-27(26)29/h4-8,11-14,17,20H,9-10H2,1-3H3. The van der Waals surface area contributed by atoms with Crippen LogP contribution in [0.2, 0.25) is 0 Å². The van der Waals surface area contributed by atoms with Crippen LogP contribution >= 0.6 is 31.9 Å². The summed E-state index contributed by atoms with van der Waals surface area (Å²) in [7, 11) is 0. The summed E-state index contributed by atoms with van der Waals surface area (Å²) < 4.78 is 2.37. The monoisotopic (exact) mass is 506 g/mol. The fraction of sp³-hybridized carbons (Fsp3) is 0.259. The van der Waals surface area contributed by atoms with E-state index in [0.717, 1.165) is 17.3 Å². The number of hydrogen-bond donors (Lipinski definition) is 0. The van der Waals surface area contributed by atoms with Gasteiger partial charge in [0.2, 0.25) is 0 Å². The lowest BCUT2D eigenvalue weighted by atomic mass is 9.78. The largest absolute Gasteiger partial charge is 0.0651 e. The average molecular weight is 508 g/mol. The Balaban J connectivity index is 1.45. The second-order valence-corrected chi connectivity index (χ2v) is 10.3. The summed E-state index contributed by atoms with van der Waals surface area (Å²) in [4.78, 5) is 0. The van der Waals surface area contributed by atoms with Gasteiger partial charge in [-0.2, -0.15) is 0 Å². The summed E-state index contributed by atoms with van der Waals surface area (Å²) in [5, 5.41) is 0. The zero-order chi connectivity index (χ0) is 20.3. The van der Waals surface area contributed by atoms with Crippen LogP contribution in [-0.4, -0.2) is 0 Å². The van der Waals surface area contributed by atoms with Crippen molar-refractivity contribution in [3.05, 3.63) is 102 Å². The van der Waals surface area contributed by atoms with Crippen molar-refractivity contribution < 1.29 is 0 Å². The molecule has 2 heteroatoms. The molecule has 0 radical (unpaired) electrons. The van der Waals surface area contributed by atoms with Crippen molar-refractivity contribution >= 4 is 44.0 Å². The molecule has 146 valence electrons. The van der Waals surface area contributed by atoms with Gasteiger partial charge in [0.05, 0.1) is 0 Å². The molecule has 2 atom stereocenters. The van der Waals surface area contributed by atoms with Gasteiger partial charge < -0.3 is 0 Å². The van der Waals surface area contributed by atoms with Gasteiger partial charge in [0.15, 0.2) is 0 Å². The molecule has 2 aromatic rings. The summed E-state index contributed by atoms with van der Waals surface area (Å²) in [6.45, 7) is 6.92. The molecule has 0 nitrogen and oxygen atoms in total. The smallest absolute Gasteiger partial charge is 0.0250 e. The highest BCUT2D eigenvalue weighted by atomic mass is 79.9. The molecule has 0 N–H and O–H groups in total. The lowest BCUT2D eigenvalue weighted by Crippen LogP contribution is -2.08. The van der Waals surface area contributed by atoms with Crippen LogP contribution in [0.15, 0.2) is 79.3 Å². The molecular weight excluding hydrogens is 484 g/mol. The summed E-state index contributed by atoms with van der Waals surface area (Å²) in [5.41, 5.74) is 13.1. The molecule has 0 amide bonds. The molecule has 3 aliphatic carbocycles. The van der Waals surface area contributed by atoms with Crippen molar-refractivity contribution in [2.45, 2.75) is 45.4 Å². The van der Waals surface area contributed by atoms with Gasteiger partial charge >= 0.3 is 0 Å². The minimum absolute atomic E-state index is 0.454. The topological polar surface area (TPSA) is 0 Å². The van der Waals surface area contributed by atoms with E-state index in [1.807, 2.05) is 0 Å². The first-order valence-electron chi connectivity index (χ1n) is 10.3. The number of fused-ring (bicyclic) bond motifs is 3. The zero-order valence-corrected chi connectivity index (χ0v) is 20.2. The molecule has 5 rings (SSSR count). The first-order valence-corrected chi connectivity index (χ1v) is 11.9. The molecule has 3 aliphatic rings. The second-order valence-electron chi connectivity index (χ2n) is 8.54. The number of hydrogen-bond acceptors (Lipinski definition) is 0. The molecule has 0 aliphatic heterocycles. The van der Waals surface area contributed by atoms with Crippen molar-refractivity contribution in [1.82, 2.24) is 0 Å². The van der Waals surface area contributed by atoms with Crippen LogP contribution in [0.4, 0.5) is 0 Å². The molecule has 29 heavy (non-hydrogen) atoms. The summed E-state index contributed by atoms with van der Waals surface area (Å²) in [6, 6.07) is 13.3. The molecule has 0 saturated heterocycles. The summed E-state index contributed by atoms with van der Waals surface area (Å²) >= 11 is 7.37. The fourth-order valence-corrected chi connectivity index (χ4v) is 6.16. The molecule has 0 fully saturated rings. The van der Waals surface area contributed by atoms with Crippen LogP contribution in [0, 0.1) is 0 Å². The van der Waals surface area contributed by atoms with E-state index in [2.05, 4.69) is 107 Å². The number of halogens is 2. The van der Waals surface area contributed by atoms with Gasteiger partial charge in [-0.3, -0.25) is 0 Å². The molecule has 0 bridgehead atoms. The highest BCUT2D eigenvalue weighted by Crippen LogP contribution is 2.49. The van der Waals surface area contributed by atoms with E-state index in [0.29, 0.717) is 11.8 Å². The molecule has 2 aromatic carbocycles. The maximum atomic E-state index is 3.73. The number of benzene rings is 2. The van der Waals surface area contributed by atoms with Crippen LogP contribution in [-0.2, 0) is 0 Å². The maximum absolute atomic E-state index is 3.73. The third-order valence-corrected chi connectivity index (χ3v) is 8.02. The van der Waals surface area contributed by atoms with Gasteiger partial charge in [-0.25, -0.2) is 0 Å². The van der Waals surface area contributed by atoms with Crippen LogP contribution in [0.25, 0.3) is 12.2 Å². The van der Waals surface area contributed by atoms with E-state index in [9.17, 15) is 0 Å². The SMILES string of the molecule is CC1=Cc2c(Br)cccc2C1CCC1=C(C)C=C2C1=Cc1cc(Br)ccc1C2C. The first kappa shape index (κ1) is 19.3. The lowest BCUT2D eigenvalue weighted by Gasteiger charge is -2.26. The van der Waals surface area contributed by atoms with Gasteiger partial charge in [0, 0.05) is 20.8 Å². The van der Waals surface area contributed by atoms with Gasteiger partial charge in [-0.1, -0.05) is 74.7 Å². The molecule has 2 unspecified atom stereocenters. The Morgan fingerprint density at radius 3 is 2.59 bits per heavy atom. The maximum Gasteiger partial charge on any atom is 0.0250 e. The Bertz CT molecular complexity index is 1160. The fourth-order valence-electron chi connectivity index (χ4n) is 5.29. The highest BCUT2D eigenvalue weighted by molar-refractivity contribution is 9.10. The number of rotatable bonds is 3. The third-order valence-electron chi connectivity index (χ3n) is 6.83. The van der Waals surface area contributed by atoms with Crippen molar-refractivity contribution in [3.8, 4) is 0 Å². The van der Waals surface area contributed by atoms with E-state index in [-0.39, 0.29) is 0 Å². The van der Waals surface area contributed by atoms with Gasteiger partial charge in [-0.05, 0) is 95.5 Å². The summed E-state index contributed by atoms with van der Waals surface area (Å²) in [5.74, 6) is 0.977. The Kier molecular flexibility index (Phi) is 4.83. The van der Waals surface area contributed by atoms with E-state index >= 15 is 0 Å². The van der Waals surface area contributed by atoms with Crippen molar-refractivity contribution in [1.29, 1.82) is 0 Å². The van der Waals surface area contributed by atoms with Crippen LogP contribution < -0.4 is 0 Å². The van der Waals surface area contributed by atoms with Gasteiger partial charge in [-0.15, -0.1) is 0 Å². The quantitative estimate of drug-likeness (QED) is 0.388. The normalized spacial score (nSPS) is 22.0. The molecule has 0 spiro atoms. The molecular formula is C27H24Br2. The van der Waals surface area contributed by atoms with E-state index in [4.69, 9.17) is 0 Å². The minimum Gasteiger partial charge on any atom is -0.0651 e. The second kappa shape index (κ2) is 7.25. The Labute approximate surface area is 190 Å². The molecule has 0 aromatic heterocycles.